The molecule has 0 aliphatic carbocycles. The van der Waals surface area contributed by atoms with Crippen molar-refractivity contribution in [3.05, 3.63) is 59.2 Å². The van der Waals surface area contributed by atoms with Crippen LogP contribution in [0.5, 0.6) is 0 Å². The normalized spacial score (nSPS) is 12.3. The molecule has 0 aliphatic heterocycles. The Morgan fingerprint density at radius 3 is 2.94 bits per heavy atom. The number of nitrogens with one attached hydrogen (secondary N) is 4. The number of H-pyrrole nitrogens is 1. The number of unbranched alkanes of at least 4 members (excludes halogenated alkanes) is 1. The Hall–Kier alpha value is -2.90. The first-order valence-corrected chi connectivity index (χ1v) is 12.1. The van der Waals surface area contributed by atoms with E-state index < -0.39 is 0 Å². The number of pyridine rings is 1. The SMILES string of the molecule is CCCCC(Cc1c[nH]c2ccccc12)NC(=O)c1cc2cnc(NCCNC)cc2s1. The number of aromatic nitrogens is 2. The summed E-state index contributed by atoms with van der Waals surface area (Å²) in [6.07, 6.45) is 7.90. The summed E-state index contributed by atoms with van der Waals surface area (Å²) in [5, 5.41) is 11.9. The van der Waals surface area contributed by atoms with Crippen molar-refractivity contribution in [2.75, 3.05) is 25.5 Å². The summed E-state index contributed by atoms with van der Waals surface area (Å²) < 4.78 is 1.07. The molecule has 0 saturated heterocycles. The van der Waals surface area contributed by atoms with E-state index in [-0.39, 0.29) is 11.9 Å². The maximum absolute atomic E-state index is 13.1. The maximum Gasteiger partial charge on any atom is 0.261 e. The van der Waals surface area contributed by atoms with E-state index in [4.69, 9.17) is 0 Å². The van der Waals surface area contributed by atoms with Crippen molar-refractivity contribution < 1.29 is 4.79 Å². The van der Waals surface area contributed by atoms with E-state index in [0.717, 1.165) is 65.1 Å². The van der Waals surface area contributed by atoms with Crippen molar-refractivity contribution in [2.45, 2.75) is 38.6 Å². The Morgan fingerprint density at radius 2 is 2.09 bits per heavy atom. The molecule has 1 atom stereocenters. The average molecular weight is 450 g/mol. The summed E-state index contributed by atoms with van der Waals surface area (Å²) in [5.41, 5.74) is 2.39. The number of para-hydroxylation sites is 1. The molecule has 32 heavy (non-hydrogen) atoms. The Morgan fingerprint density at radius 1 is 1.22 bits per heavy atom. The van der Waals surface area contributed by atoms with Crippen molar-refractivity contribution in [2.24, 2.45) is 0 Å². The Balaban J connectivity index is 1.48. The summed E-state index contributed by atoms with van der Waals surface area (Å²) in [4.78, 5) is 21.7. The van der Waals surface area contributed by atoms with Gasteiger partial charge in [0.15, 0.2) is 0 Å². The summed E-state index contributed by atoms with van der Waals surface area (Å²) in [6, 6.07) is 12.4. The number of likely N-dealkylation sites (N-methyl/N-ethyl adjacent to an activating group) is 1. The van der Waals surface area contributed by atoms with Crippen LogP contribution in [-0.4, -0.2) is 42.1 Å². The van der Waals surface area contributed by atoms with Gasteiger partial charge in [0, 0.05) is 52.5 Å². The molecule has 168 valence electrons. The number of benzene rings is 1. The lowest BCUT2D eigenvalue weighted by molar-refractivity contribution is 0.0938. The summed E-state index contributed by atoms with van der Waals surface area (Å²) in [6.45, 7) is 3.86. The van der Waals surface area contributed by atoms with Crippen LogP contribution < -0.4 is 16.0 Å². The molecular formula is C25H31N5OS. The molecule has 4 rings (SSSR count). The Bertz CT molecular complexity index is 1180. The number of amides is 1. The van der Waals surface area contributed by atoms with Gasteiger partial charge in [-0.05, 0) is 43.7 Å². The molecule has 0 aliphatic rings. The first-order valence-electron chi connectivity index (χ1n) is 11.3. The highest BCUT2D eigenvalue weighted by Gasteiger charge is 2.18. The standard InChI is InChI=1S/C25H31N5OS/c1-3-4-7-19(12-17-15-28-21-9-6-5-8-20(17)21)30-25(31)23-13-18-16-29-24(14-22(18)32-23)27-11-10-26-2/h5-6,8-9,13-16,19,26,28H,3-4,7,10-12H2,1-2H3,(H,27,29)(H,30,31). The minimum Gasteiger partial charge on any atom is -0.369 e. The van der Waals surface area contributed by atoms with E-state index in [0.29, 0.717) is 0 Å². The molecule has 3 aromatic heterocycles. The zero-order valence-corrected chi connectivity index (χ0v) is 19.5. The van der Waals surface area contributed by atoms with E-state index in [1.807, 2.05) is 31.4 Å². The van der Waals surface area contributed by atoms with Crippen molar-refractivity contribution in [1.29, 1.82) is 0 Å². The molecule has 0 saturated carbocycles. The largest absolute Gasteiger partial charge is 0.369 e. The van der Waals surface area contributed by atoms with E-state index in [2.05, 4.69) is 57.2 Å². The topological polar surface area (TPSA) is 81.8 Å². The predicted molar refractivity (Wildman–Crippen MR) is 135 cm³/mol. The van der Waals surface area contributed by atoms with Gasteiger partial charge in [-0.3, -0.25) is 4.79 Å². The van der Waals surface area contributed by atoms with Gasteiger partial charge in [0.05, 0.1) is 4.88 Å². The molecule has 1 aromatic carbocycles. The van der Waals surface area contributed by atoms with Crippen molar-refractivity contribution in [1.82, 2.24) is 20.6 Å². The van der Waals surface area contributed by atoms with Crippen molar-refractivity contribution >= 4 is 44.1 Å². The monoisotopic (exact) mass is 449 g/mol. The quantitative estimate of drug-likeness (QED) is 0.245. The van der Waals surface area contributed by atoms with Crippen LogP contribution in [0.4, 0.5) is 5.82 Å². The second-order valence-corrected chi connectivity index (χ2v) is 9.21. The van der Waals surface area contributed by atoms with E-state index >= 15 is 0 Å². The van der Waals surface area contributed by atoms with Gasteiger partial charge in [-0.2, -0.15) is 0 Å². The first-order chi connectivity index (χ1) is 15.7. The van der Waals surface area contributed by atoms with Crippen LogP contribution in [0, 0.1) is 0 Å². The number of nitrogens with zero attached hydrogens (tertiary/aromatic N) is 1. The molecular weight excluding hydrogens is 418 g/mol. The number of thiophene rings is 1. The second-order valence-electron chi connectivity index (χ2n) is 8.12. The van der Waals surface area contributed by atoms with Gasteiger partial charge in [-0.1, -0.05) is 38.0 Å². The fraction of sp³-hybridized carbons (Fsp3) is 0.360. The van der Waals surface area contributed by atoms with Gasteiger partial charge in [-0.25, -0.2) is 4.98 Å². The Kier molecular flexibility index (Phi) is 7.39. The zero-order chi connectivity index (χ0) is 22.3. The highest BCUT2D eigenvalue weighted by Crippen LogP contribution is 2.27. The summed E-state index contributed by atoms with van der Waals surface area (Å²) in [5.74, 6) is 0.832. The zero-order valence-electron chi connectivity index (χ0n) is 18.7. The highest BCUT2D eigenvalue weighted by molar-refractivity contribution is 7.20. The lowest BCUT2D eigenvalue weighted by Crippen LogP contribution is -2.36. The van der Waals surface area contributed by atoms with Crippen molar-refractivity contribution in [3.63, 3.8) is 0 Å². The van der Waals surface area contributed by atoms with Crippen LogP contribution in [-0.2, 0) is 6.42 Å². The molecule has 0 bridgehead atoms. The number of hydrogen-bond donors (Lipinski definition) is 4. The molecule has 3 heterocycles. The number of aromatic amines is 1. The third kappa shape index (κ3) is 5.29. The smallest absolute Gasteiger partial charge is 0.261 e. The van der Waals surface area contributed by atoms with Gasteiger partial charge < -0.3 is 20.9 Å². The van der Waals surface area contributed by atoms with Gasteiger partial charge in [0.1, 0.15) is 5.82 Å². The van der Waals surface area contributed by atoms with Gasteiger partial charge >= 0.3 is 0 Å². The molecule has 4 aromatic rings. The number of anilines is 1. The summed E-state index contributed by atoms with van der Waals surface area (Å²) in [7, 11) is 1.93. The van der Waals surface area contributed by atoms with E-state index in [1.54, 1.807) is 0 Å². The van der Waals surface area contributed by atoms with Gasteiger partial charge in [-0.15, -0.1) is 11.3 Å². The van der Waals surface area contributed by atoms with Crippen LogP contribution in [0.3, 0.4) is 0 Å². The number of fused-ring (bicyclic) bond motifs is 2. The number of carbonyl (C=O) groups is 1. The number of hydrogen-bond acceptors (Lipinski definition) is 5. The maximum atomic E-state index is 13.1. The third-order valence-electron chi connectivity index (χ3n) is 5.69. The lowest BCUT2D eigenvalue weighted by atomic mass is 10.0. The third-order valence-corrected chi connectivity index (χ3v) is 6.79. The van der Waals surface area contributed by atoms with Gasteiger partial charge in [0.25, 0.3) is 5.91 Å². The first kappa shape index (κ1) is 22.3. The number of carbonyl (C=O) groups excluding carboxylic acids is 1. The molecule has 1 unspecified atom stereocenters. The van der Waals surface area contributed by atoms with E-state index in [1.165, 1.54) is 22.3 Å². The number of rotatable bonds is 11. The van der Waals surface area contributed by atoms with Crippen molar-refractivity contribution in [3.8, 4) is 0 Å². The molecule has 4 N–H and O–H groups in total. The fourth-order valence-corrected chi connectivity index (χ4v) is 4.93. The van der Waals surface area contributed by atoms with Crippen LogP contribution in [0.2, 0.25) is 0 Å². The minimum atomic E-state index is -0.00293. The fourth-order valence-electron chi connectivity index (χ4n) is 3.96. The average Bonchev–Trinajstić information content (AvgIpc) is 3.42. The minimum absolute atomic E-state index is 0.00293. The molecule has 0 fully saturated rings. The predicted octanol–water partition coefficient (Wildman–Crippen LogP) is 4.94. The second kappa shape index (κ2) is 10.6. The summed E-state index contributed by atoms with van der Waals surface area (Å²) >= 11 is 1.52. The molecule has 0 spiro atoms. The molecule has 0 radical (unpaired) electrons. The Labute approximate surface area is 192 Å². The highest BCUT2D eigenvalue weighted by atomic mass is 32.1. The molecule has 7 heteroatoms. The van der Waals surface area contributed by atoms with Crippen LogP contribution in [0.1, 0.15) is 41.4 Å². The van der Waals surface area contributed by atoms with Crippen LogP contribution in [0.15, 0.2) is 48.8 Å². The van der Waals surface area contributed by atoms with Crippen LogP contribution >= 0.6 is 11.3 Å². The molecule has 6 nitrogen and oxygen atoms in total. The van der Waals surface area contributed by atoms with Crippen LogP contribution in [0.25, 0.3) is 21.0 Å². The van der Waals surface area contributed by atoms with Gasteiger partial charge in [0.2, 0.25) is 0 Å². The molecule has 1 amide bonds. The van der Waals surface area contributed by atoms with E-state index in [9.17, 15) is 4.79 Å². The lowest BCUT2D eigenvalue weighted by Gasteiger charge is -2.18.